The van der Waals surface area contributed by atoms with Gasteiger partial charge in [0.25, 0.3) is 0 Å². The van der Waals surface area contributed by atoms with E-state index >= 15 is 0 Å². The van der Waals surface area contributed by atoms with Crippen LogP contribution in [0.4, 0.5) is 4.79 Å². The molecular formula is C14H27ClN4O2. The van der Waals surface area contributed by atoms with Crippen molar-refractivity contribution < 1.29 is 9.59 Å². The molecule has 4 N–H and O–H groups in total. The predicted octanol–water partition coefficient (Wildman–Crippen LogP) is 0.702. The maximum atomic E-state index is 12.1. The Labute approximate surface area is 132 Å². The molecule has 3 amide bonds. The van der Waals surface area contributed by atoms with Gasteiger partial charge in [0, 0.05) is 25.7 Å². The fourth-order valence-electron chi connectivity index (χ4n) is 3.45. The summed E-state index contributed by atoms with van der Waals surface area (Å²) in [6, 6.07) is -0.439. The first kappa shape index (κ1) is 18.2. The molecule has 2 aliphatic rings. The van der Waals surface area contributed by atoms with Crippen LogP contribution in [-0.4, -0.2) is 48.6 Å². The summed E-state index contributed by atoms with van der Waals surface area (Å²) in [6.07, 6.45) is 3.49. The van der Waals surface area contributed by atoms with Crippen molar-refractivity contribution in [2.45, 2.75) is 45.2 Å². The molecule has 0 spiro atoms. The average molecular weight is 319 g/mol. The lowest BCUT2D eigenvalue weighted by Gasteiger charge is -2.30. The maximum Gasteiger partial charge on any atom is 0.321 e. The van der Waals surface area contributed by atoms with Crippen molar-refractivity contribution >= 4 is 24.3 Å². The number of halogens is 1. The first-order chi connectivity index (χ1) is 9.52. The Balaban J connectivity index is 0.00000220. The summed E-state index contributed by atoms with van der Waals surface area (Å²) in [6.45, 7) is 5.98. The van der Waals surface area contributed by atoms with Gasteiger partial charge in [-0.05, 0) is 38.5 Å². The number of rotatable bonds is 3. The van der Waals surface area contributed by atoms with Gasteiger partial charge in [-0.15, -0.1) is 12.4 Å². The van der Waals surface area contributed by atoms with Crippen molar-refractivity contribution in [2.75, 3.05) is 19.6 Å². The molecule has 122 valence electrons. The summed E-state index contributed by atoms with van der Waals surface area (Å²) >= 11 is 0. The maximum absolute atomic E-state index is 12.1. The number of nitrogens with zero attached hydrogens (tertiary/aromatic N) is 1. The summed E-state index contributed by atoms with van der Waals surface area (Å²) in [4.78, 5) is 25.6. The minimum atomic E-state index is -0.419. The predicted molar refractivity (Wildman–Crippen MR) is 84.3 cm³/mol. The Bertz CT molecular complexity index is 380. The summed E-state index contributed by atoms with van der Waals surface area (Å²) < 4.78 is 0. The third kappa shape index (κ3) is 4.31. The smallest absolute Gasteiger partial charge is 0.321 e. The standard InChI is InChI=1S/C14H26N4O2.ClH/c1-3-16-14(20)17-13(19)9(2)18-7-10-5-4-6-12(15)11(10)8-18;/h9-12H,3-8,15H2,1-2H3,(H2,16,17,19,20);1H. The molecule has 2 fully saturated rings. The second-order valence-corrected chi connectivity index (χ2v) is 6.00. The molecule has 7 heteroatoms. The van der Waals surface area contributed by atoms with Crippen LogP contribution in [0.15, 0.2) is 0 Å². The van der Waals surface area contributed by atoms with Gasteiger partial charge in [-0.3, -0.25) is 15.0 Å². The van der Waals surface area contributed by atoms with E-state index in [0.29, 0.717) is 18.4 Å². The summed E-state index contributed by atoms with van der Waals surface area (Å²) in [5, 5.41) is 4.96. The number of fused-ring (bicyclic) bond motifs is 1. The zero-order valence-electron chi connectivity index (χ0n) is 12.8. The zero-order valence-corrected chi connectivity index (χ0v) is 13.6. The van der Waals surface area contributed by atoms with E-state index in [1.165, 1.54) is 12.8 Å². The number of hydrogen-bond acceptors (Lipinski definition) is 4. The van der Waals surface area contributed by atoms with Gasteiger partial charge in [0.1, 0.15) is 0 Å². The monoisotopic (exact) mass is 318 g/mol. The van der Waals surface area contributed by atoms with E-state index in [1.54, 1.807) is 0 Å². The molecule has 0 radical (unpaired) electrons. The van der Waals surface area contributed by atoms with Gasteiger partial charge in [-0.1, -0.05) is 6.42 Å². The van der Waals surface area contributed by atoms with Crippen LogP contribution in [0.2, 0.25) is 0 Å². The molecule has 1 heterocycles. The second kappa shape index (κ2) is 7.96. The highest BCUT2D eigenvalue weighted by Gasteiger charge is 2.41. The van der Waals surface area contributed by atoms with Crippen molar-refractivity contribution in [1.29, 1.82) is 0 Å². The minimum absolute atomic E-state index is 0. The number of hydrogen-bond donors (Lipinski definition) is 3. The van der Waals surface area contributed by atoms with Crippen LogP contribution in [0, 0.1) is 11.8 Å². The Morgan fingerprint density at radius 1 is 1.33 bits per heavy atom. The molecule has 0 aromatic rings. The first-order valence-corrected chi connectivity index (χ1v) is 7.61. The lowest BCUT2D eigenvalue weighted by molar-refractivity contribution is -0.124. The third-order valence-electron chi connectivity index (χ3n) is 4.68. The summed E-state index contributed by atoms with van der Waals surface area (Å²) in [7, 11) is 0. The van der Waals surface area contributed by atoms with Gasteiger partial charge in [0.15, 0.2) is 0 Å². The minimum Gasteiger partial charge on any atom is -0.338 e. The van der Waals surface area contributed by atoms with Crippen LogP contribution >= 0.6 is 12.4 Å². The highest BCUT2D eigenvalue weighted by molar-refractivity contribution is 5.96. The van der Waals surface area contributed by atoms with E-state index < -0.39 is 6.03 Å². The molecule has 1 aliphatic heterocycles. The van der Waals surface area contributed by atoms with Crippen molar-refractivity contribution in [1.82, 2.24) is 15.5 Å². The Hall–Kier alpha value is -0.850. The summed E-state index contributed by atoms with van der Waals surface area (Å²) in [5.74, 6) is 0.880. The van der Waals surface area contributed by atoms with Crippen molar-refractivity contribution in [2.24, 2.45) is 17.6 Å². The Morgan fingerprint density at radius 3 is 2.67 bits per heavy atom. The van der Waals surface area contributed by atoms with Crippen LogP contribution in [0.1, 0.15) is 33.1 Å². The number of carbonyl (C=O) groups is 2. The molecule has 21 heavy (non-hydrogen) atoms. The van der Waals surface area contributed by atoms with Crippen LogP contribution < -0.4 is 16.4 Å². The molecule has 1 saturated carbocycles. The molecule has 6 nitrogen and oxygen atoms in total. The van der Waals surface area contributed by atoms with E-state index in [9.17, 15) is 9.59 Å². The van der Waals surface area contributed by atoms with E-state index in [2.05, 4.69) is 15.5 Å². The van der Waals surface area contributed by atoms with Gasteiger partial charge >= 0.3 is 6.03 Å². The fraction of sp³-hybridized carbons (Fsp3) is 0.857. The second-order valence-electron chi connectivity index (χ2n) is 6.00. The molecule has 0 aromatic heterocycles. The third-order valence-corrected chi connectivity index (χ3v) is 4.68. The molecule has 4 atom stereocenters. The van der Waals surface area contributed by atoms with Gasteiger partial charge in [0.05, 0.1) is 6.04 Å². The van der Waals surface area contributed by atoms with E-state index in [-0.39, 0.29) is 30.4 Å². The fourth-order valence-corrected chi connectivity index (χ4v) is 3.45. The number of nitrogens with two attached hydrogens (primary N) is 1. The molecule has 0 bridgehead atoms. The van der Waals surface area contributed by atoms with Crippen molar-refractivity contribution in [3.05, 3.63) is 0 Å². The molecular weight excluding hydrogens is 292 g/mol. The quantitative estimate of drug-likeness (QED) is 0.715. The molecule has 0 aromatic carbocycles. The average Bonchev–Trinajstić information content (AvgIpc) is 2.83. The number of urea groups is 1. The van der Waals surface area contributed by atoms with E-state index in [0.717, 1.165) is 19.5 Å². The number of nitrogens with one attached hydrogen (secondary N) is 2. The van der Waals surface area contributed by atoms with Gasteiger partial charge in [-0.25, -0.2) is 4.79 Å². The Morgan fingerprint density at radius 2 is 2.05 bits per heavy atom. The van der Waals surface area contributed by atoms with Crippen LogP contribution in [0.25, 0.3) is 0 Å². The zero-order chi connectivity index (χ0) is 14.7. The number of imide groups is 1. The first-order valence-electron chi connectivity index (χ1n) is 7.61. The summed E-state index contributed by atoms with van der Waals surface area (Å²) in [5.41, 5.74) is 6.19. The van der Waals surface area contributed by atoms with Gasteiger partial charge < -0.3 is 11.1 Å². The topological polar surface area (TPSA) is 87.5 Å². The van der Waals surface area contributed by atoms with Crippen molar-refractivity contribution in [3.8, 4) is 0 Å². The van der Waals surface area contributed by atoms with E-state index in [1.807, 2.05) is 13.8 Å². The lowest BCUT2D eigenvalue weighted by atomic mass is 9.78. The highest BCUT2D eigenvalue weighted by atomic mass is 35.5. The van der Waals surface area contributed by atoms with Crippen LogP contribution in [0.3, 0.4) is 0 Å². The van der Waals surface area contributed by atoms with Crippen LogP contribution in [-0.2, 0) is 4.79 Å². The van der Waals surface area contributed by atoms with E-state index in [4.69, 9.17) is 5.73 Å². The van der Waals surface area contributed by atoms with Crippen molar-refractivity contribution in [3.63, 3.8) is 0 Å². The Kier molecular flexibility index (Phi) is 6.90. The van der Waals surface area contributed by atoms with Crippen LogP contribution in [0.5, 0.6) is 0 Å². The molecule has 2 rings (SSSR count). The number of amides is 3. The normalized spacial score (nSPS) is 30.0. The number of carbonyl (C=O) groups excluding carboxylic acids is 2. The highest BCUT2D eigenvalue weighted by Crippen LogP contribution is 2.36. The lowest BCUT2D eigenvalue weighted by Crippen LogP contribution is -2.49. The molecule has 1 aliphatic carbocycles. The molecule has 1 saturated heterocycles. The molecule has 4 unspecified atom stereocenters. The number of likely N-dealkylation sites (tertiary alicyclic amines) is 1. The van der Waals surface area contributed by atoms with Gasteiger partial charge in [0.2, 0.25) is 5.91 Å². The SMILES string of the molecule is CCNC(=O)NC(=O)C(C)N1CC2CCCC(N)C2C1.Cl. The van der Waals surface area contributed by atoms with Gasteiger partial charge in [-0.2, -0.15) is 0 Å². The largest absolute Gasteiger partial charge is 0.338 e.